The zero-order valence-corrected chi connectivity index (χ0v) is 11.8. The van der Waals surface area contributed by atoms with E-state index in [1.54, 1.807) is 4.90 Å². The lowest BCUT2D eigenvalue weighted by Gasteiger charge is -2.37. The van der Waals surface area contributed by atoms with E-state index in [-0.39, 0.29) is 11.5 Å². The van der Waals surface area contributed by atoms with Gasteiger partial charge in [0.25, 0.3) is 0 Å². The van der Waals surface area contributed by atoms with E-state index in [4.69, 9.17) is 4.74 Å². The van der Waals surface area contributed by atoms with Crippen molar-refractivity contribution in [3.05, 3.63) is 0 Å². The van der Waals surface area contributed by atoms with Gasteiger partial charge < -0.3 is 9.64 Å². The smallest absolute Gasteiger partial charge is 0.410 e. The van der Waals surface area contributed by atoms with Gasteiger partial charge in [0.05, 0.1) is 5.92 Å². The van der Waals surface area contributed by atoms with Crippen molar-refractivity contribution in [3.8, 4) is 11.8 Å². The maximum atomic E-state index is 11.6. The van der Waals surface area contributed by atoms with Crippen LogP contribution in [0.2, 0.25) is 0 Å². The third-order valence-corrected chi connectivity index (χ3v) is 2.18. The summed E-state index contributed by atoms with van der Waals surface area (Å²) in [5.74, 6) is 6.72. The minimum atomic E-state index is -0.417. The summed E-state index contributed by atoms with van der Waals surface area (Å²) in [5, 5.41) is 0. The molecule has 0 unspecified atom stereocenters. The van der Waals surface area contributed by atoms with Crippen LogP contribution in [0.25, 0.3) is 0 Å². The average molecular weight is 237 g/mol. The minimum absolute atomic E-state index is 0.0341. The number of hydrogen-bond donors (Lipinski definition) is 0. The fourth-order valence-electron chi connectivity index (χ4n) is 1.36. The minimum Gasteiger partial charge on any atom is -0.444 e. The van der Waals surface area contributed by atoms with Crippen LogP contribution in [0, 0.1) is 23.2 Å². The van der Waals surface area contributed by atoms with Crippen LogP contribution in [0.3, 0.4) is 0 Å². The van der Waals surface area contributed by atoms with E-state index >= 15 is 0 Å². The largest absolute Gasteiger partial charge is 0.444 e. The maximum absolute atomic E-state index is 11.6. The average Bonchev–Trinajstić information content (AvgIpc) is 1.94. The Morgan fingerprint density at radius 1 is 1.18 bits per heavy atom. The second-order valence-corrected chi connectivity index (χ2v) is 6.60. The molecule has 96 valence electrons. The molecule has 1 rings (SSSR count). The fraction of sp³-hybridized carbons (Fsp3) is 0.786. The summed E-state index contributed by atoms with van der Waals surface area (Å²) in [4.78, 5) is 13.3. The van der Waals surface area contributed by atoms with Crippen molar-refractivity contribution in [1.82, 2.24) is 4.90 Å². The summed E-state index contributed by atoms with van der Waals surface area (Å²) in [6, 6.07) is 0. The molecular weight excluding hydrogens is 214 g/mol. The monoisotopic (exact) mass is 237 g/mol. The van der Waals surface area contributed by atoms with Gasteiger partial charge in [-0.1, -0.05) is 11.8 Å². The SMILES string of the molecule is CC(C)(C)C#CC1CN(C(=O)OC(C)(C)C)C1. The first-order valence-electron chi connectivity index (χ1n) is 6.07. The van der Waals surface area contributed by atoms with Gasteiger partial charge in [0, 0.05) is 18.5 Å². The lowest BCUT2D eigenvalue weighted by molar-refractivity contribution is 0.00590. The van der Waals surface area contributed by atoms with Crippen molar-refractivity contribution in [2.75, 3.05) is 13.1 Å². The second-order valence-electron chi connectivity index (χ2n) is 6.60. The Morgan fingerprint density at radius 2 is 1.71 bits per heavy atom. The van der Waals surface area contributed by atoms with E-state index in [2.05, 4.69) is 32.6 Å². The van der Waals surface area contributed by atoms with Crippen LogP contribution in [-0.2, 0) is 4.74 Å². The van der Waals surface area contributed by atoms with Crippen molar-refractivity contribution in [2.24, 2.45) is 11.3 Å². The number of carbonyl (C=O) groups is 1. The van der Waals surface area contributed by atoms with Crippen LogP contribution < -0.4 is 0 Å². The van der Waals surface area contributed by atoms with Crippen molar-refractivity contribution in [3.63, 3.8) is 0 Å². The second kappa shape index (κ2) is 4.60. The van der Waals surface area contributed by atoms with Crippen LogP contribution >= 0.6 is 0 Å². The molecule has 1 amide bonds. The molecule has 0 N–H and O–H groups in total. The van der Waals surface area contributed by atoms with E-state index < -0.39 is 5.60 Å². The number of amides is 1. The molecule has 0 aliphatic carbocycles. The molecule has 0 aromatic heterocycles. The highest BCUT2D eigenvalue weighted by Crippen LogP contribution is 2.20. The molecule has 0 aromatic rings. The Labute approximate surface area is 105 Å². The quantitative estimate of drug-likeness (QED) is 0.606. The topological polar surface area (TPSA) is 29.5 Å². The lowest BCUT2D eigenvalue weighted by Crippen LogP contribution is -2.51. The van der Waals surface area contributed by atoms with Crippen molar-refractivity contribution < 1.29 is 9.53 Å². The van der Waals surface area contributed by atoms with E-state index in [1.165, 1.54) is 0 Å². The summed E-state index contributed by atoms with van der Waals surface area (Å²) < 4.78 is 5.27. The van der Waals surface area contributed by atoms with E-state index in [0.29, 0.717) is 19.0 Å². The number of ether oxygens (including phenoxy) is 1. The highest BCUT2D eigenvalue weighted by Gasteiger charge is 2.32. The van der Waals surface area contributed by atoms with Gasteiger partial charge in [0.2, 0.25) is 0 Å². The molecule has 3 nitrogen and oxygen atoms in total. The molecule has 1 fully saturated rings. The number of carbonyl (C=O) groups excluding carboxylic acids is 1. The highest BCUT2D eigenvalue weighted by atomic mass is 16.6. The number of hydrogen-bond acceptors (Lipinski definition) is 2. The first-order chi connectivity index (χ1) is 7.57. The van der Waals surface area contributed by atoms with Crippen LogP contribution in [0.5, 0.6) is 0 Å². The molecule has 17 heavy (non-hydrogen) atoms. The van der Waals surface area contributed by atoms with Crippen LogP contribution in [0.15, 0.2) is 0 Å². The highest BCUT2D eigenvalue weighted by molar-refractivity contribution is 5.69. The molecular formula is C14H23NO2. The van der Waals surface area contributed by atoms with E-state index in [1.807, 2.05) is 20.8 Å². The van der Waals surface area contributed by atoms with Gasteiger partial charge in [-0.3, -0.25) is 0 Å². The summed E-state index contributed by atoms with van der Waals surface area (Å²) >= 11 is 0. The fourth-order valence-corrected chi connectivity index (χ4v) is 1.36. The summed E-state index contributed by atoms with van der Waals surface area (Å²) in [5.41, 5.74) is -0.383. The number of nitrogens with zero attached hydrogens (tertiary/aromatic N) is 1. The van der Waals surface area contributed by atoms with Crippen molar-refractivity contribution >= 4 is 6.09 Å². The first-order valence-corrected chi connectivity index (χ1v) is 6.07. The van der Waals surface area contributed by atoms with Gasteiger partial charge in [-0.15, -0.1) is 0 Å². The molecule has 0 radical (unpaired) electrons. The third-order valence-electron chi connectivity index (χ3n) is 2.18. The Morgan fingerprint density at radius 3 is 2.12 bits per heavy atom. The number of likely N-dealkylation sites (tertiary alicyclic amines) is 1. The van der Waals surface area contributed by atoms with Crippen LogP contribution in [0.1, 0.15) is 41.5 Å². The molecule has 0 saturated carbocycles. The van der Waals surface area contributed by atoms with E-state index in [0.717, 1.165) is 0 Å². The first kappa shape index (κ1) is 13.9. The Bertz CT molecular complexity index is 343. The predicted octanol–water partition coefficient (Wildman–Crippen LogP) is 2.90. The normalized spacial score (nSPS) is 16.9. The lowest BCUT2D eigenvalue weighted by atomic mass is 9.94. The molecule has 0 spiro atoms. The zero-order chi connectivity index (χ0) is 13.3. The van der Waals surface area contributed by atoms with Crippen LogP contribution in [0.4, 0.5) is 4.79 Å². The Kier molecular flexibility index (Phi) is 3.76. The Balaban J connectivity index is 2.37. The molecule has 1 aliphatic heterocycles. The van der Waals surface area contributed by atoms with Gasteiger partial charge in [0.15, 0.2) is 0 Å². The molecule has 0 atom stereocenters. The summed E-state index contributed by atoms with van der Waals surface area (Å²) in [7, 11) is 0. The van der Waals surface area contributed by atoms with Gasteiger partial charge in [-0.05, 0) is 41.5 Å². The molecule has 0 aromatic carbocycles. The summed E-state index contributed by atoms with van der Waals surface area (Å²) in [6.07, 6.45) is -0.230. The summed E-state index contributed by atoms with van der Waals surface area (Å²) in [6.45, 7) is 13.3. The molecule has 1 heterocycles. The van der Waals surface area contributed by atoms with Gasteiger partial charge in [0.1, 0.15) is 5.60 Å². The van der Waals surface area contributed by atoms with E-state index in [9.17, 15) is 4.79 Å². The van der Waals surface area contributed by atoms with Crippen LogP contribution in [-0.4, -0.2) is 29.7 Å². The maximum Gasteiger partial charge on any atom is 0.410 e. The Hall–Kier alpha value is -1.17. The molecule has 1 saturated heterocycles. The predicted molar refractivity (Wildman–Crippen MR) is 68.5 cm³/mol. The van der Waals surface area contributed by atoms with Crippen molar-refractivity contribution in [1.29, 1.82) is 0 Å². The molecule has 1 aliphatic rings. The number of rotatable bonds is 0. The molecule has 0 bridgehead atoms. The van der Waals surface area contributed by atoms with Gasteiger partial charge >= 0.3 is 6.09 Å². The van der Waals surface area contributed by atoms with Crippen molar-refractivity contribution in [2.45, 2.75) is 47.1 Å². The standard InChI is InChI=1S/C14H23NO2/c1-13(2,3)8-7-11-9-15(10-11)12(16)17-14(4,5)6/h11H,9-10H2,1-6H3. The third kappa shape index (κ3) is 5.12. The molecule has 3 heteroatoms. The van der Waals surface area contributed by atoms with Gasteiger partial charge in [-0.25, -0.2) is 4.79 Å². The zero-order valence-electron chi connectivity index (χ0n) is 11.8. The van der Waals surface area contributed by atoms with Gasteiger partial charge in [-0.2, -0.15) is 0 Å².